The quantitative estimate of drug-likeness (QED) is 0.864. The Kier molecular flexibility index (Phi) is 3.98. The Labute approximate surface area is 109 Å². The number of carboxylic acid groups (broad SMARTS) is 1. The monoisotopic (exact) mass is 269 g/mol. The van der Waals surface area contributed by atoms with E-state index in [1.807, 2.05) is 18.4 Å². The van der Waals surface area contributed by atoms with Gasteiger partial charge in [0.25, 0.3) is 0 Å². The highest BCUT2D eigenvalue weighted by Gasteiger charge is 2.34. The second-order valence-electron chi connectivity index (χ2n) is 4.27. The molecule has 1 aliphatic rings. The fourth-order valence-electron chi connectivity index (χ4n) is 1.88. The maximum Gasteiger partial charge on any atom is 0.332 e. The molecule has 0 aliphatic carbocycles. The Balaban J connectivity index is 1.83. The predicted molar refractivity (Wildman–Crippen MR) is 66.4 cm³/mol. The van der Waals surface area contributed by atoms with E-state index in [1.54, 1.807) is 11.3 Å². The number of aryl methyl sites for hydroxylation is 1. The zero-order valence-electron chi connectivity index (χ0n) is 10.0. The number of hydrogen-bond donors (Lipinski definition) is 2. The lowest BCUT2D eigenvalue weighted by atomic mass is 10.2. The van der Waals surface area contributed by atoms with Crippen molar-refractivity contribution in [1.29, 1.82) is 0 Å². The van der Waals surface area contributed by atoms with Crippen molar-refractivity contribution >= 4 is 23.2 Å². The van der Waals surface area contributed by atoms with Gasteiger partial charge >= 0.3 is 5.97 Å². The lowest BCUT2D eigenvalue weighted by molar-refractivity contribution is -0.151. The van der Waals surface area contributed by atoms with Crippen LogP contribution in [0.25, 0.3) is 0 Å². The number of amides is 1. The first kappa shape index (κ1) is 13.0. The third-order valence-electron chi connectivity index (χ3n) is 2.98. The van der Waals surface area contributed by atoms with Crippen LogP contribution in [-0.4, -0.2) is 29.2 Å². The van der Waals surface area contributed by atoms with E-state index in [1.165, 1.54) is 0 Å². The summed E-state index contributed by atoms with van der Waals surface area (Å²) in [5.41, 5.74) is 1.15. The summed E-state index contributed by atoms with van der Waals surface area (Å²) in [6.45, 7) is 2.46. The minimum atomic E-state index is -1.00. The summed E-state index contributed by atoms with van der Waals surface area (Å²) < 4.78 is 5.18. The van der Waals surface area contributed by atoms with Gasteiger partial charge in [0.05, 0.1) is 6.54 Å². The first-order chi connectivity index (χ1) is 8.58. The van der Waals surface area contributed by atoms with Crippen LogP contribution in [0.5, 0.6) is 0 Å². The van der Waals surface area contributed by atoms with Gasteiger partial charge < -0.3 is 15.2 Å². The van der Waals surface area contributed by atoms with Crippen molar-refractivity contribution in [1.82, 2.24) is 5.32 Å². The summed E-state index contributed by atoms with van der Waals surface area (Å²) in [6.07, 6.45) is -0.618. The van der Waals surface area contributed by atoms with E-state index in [-0.39, 0.29) is 5.91 Å². The molecule has 0 radical (unpaired) electrons. The summed E-state index contributed by atoms with van der Waals surface area (Å²) in [5, 5.41) is 13.5. The van der Waals surface area contributed by atoms with E-state index in [0.717, 1.165) is 10.4 Å². The number of nitrogens with one attached hydrogen (secondary N) is 1. The summed E-state index contributed by atoms with van der Waals surface area (Å²) >= 11 is 1.59. The molecule has 1 amide bonds. The minimum Gasteiger partial charge on any atom is -0.479 e. The number of aliphatic carboxylic acids is 1. The van der Waals surface area contributed by atoms with Crippen LogP contribution in [0, 0.1) is 6.92 Å². The molecule has 5 nitrogen and oxygen atoms in total. The number of carboxylic acids is 1. The summed E-state index contributed by atoms with van der Waals surface area (Å²) in [4.78, 5) is 23.6. The molecule has 2 rings (SSSR count). The fourth-order valence-corrected chi connectivity index (χ4v) is 2.72. The molecule has 2 heterocycles. The van der Waals surface area contributed by atoms with Crippen LogP contribution in [0.4, 0.5) is 0 Å². The van der Waals surface area contributed by atoms with Gasteiger partial charge in [-0.25, -0.2) is 4.79 Å². The molecule has 1 aromatic rings. The molecule has 1 aromatic heterocycles. The Bertz CT molecular complexity index is 457. The molecular weight excluding hydrogens is 254 g/mol. The number of rotatable bonds is 4. The number of hydrogen-bond acceptors (Lipinski definition) is 4. The molecule has 0 aromatic carbocycles. The maximum absolute atomic E-state index is 11.8. The lowest BCUT2D eigenvalue weighted by Crippen LogP contribution is -2.35. The van der Waals surface area contributed by atoms with Gasteiger partial charge in [-0.05, 0) is 36.8 Å². The Morgan fingerprint density at radius 3 is 2.78 bits per heavy atom. The molecule has 0 spiro atoms. The summed E-state index contributed by atoms with van der Waals surface area (Å²) in [6, 6.07) is 2.00. The first-order valence-electron chi connectivity index (χ1n) is 5.77. The molecule has 1 fully saturated rings. The Morgan fingerprint density at radius 2 is 2.22 bits per heavy atom. The predicted octanol–water partition coefficient (Wildman–Crippen LogP) is 1.30. The van der Waals surface area contributed by atoms with Crippen LogP contribution < -0.4 is 5.32 Å². The standard InChI is InChI=1S/C12H15NO4S/c1-7-4-5-18-10(7)6-13-11(14)8-2-3-9(17-8)12(15)16/h4-5,8-9H,2-3,6H2,1H3,(H,13,14)(H,15,16). The highest BCUT2D eigenvalue weighted by Crippen LogP contribution is 2.20. The highest BCUT2D eigenvalue weighted by atomic mass is 32.1. The number of carbonyl (C=O) groups excluding carboxylic acids is 1. The van der Waals surface area contributed by atoms with Crippen molar-refractivity contribution in [2.24, 2.45) is 0 Å². The largest absolute Gasteiger partial charge is 0.479 e. The molecule has 98 valence electrons. The average Bonchev–Trinajstić information content (AvgIpc) is 2.94. The summed E-state index contributed by atoms with van der Waals surface area (Å²) in [5.74, 6) is -1.23. The van der Waals surface area contributed by atoms with Crippen molar-refractivity contribution in [3.05, 3.63) is 21.9 Å². The Hall–Kier alpha value is -1.40. The topological polar surface area (TPSA) is 75.6 Å². The molecule has 1 aliphatic heterocycles. The molecular formula is C12H15NO4S. The first-order valence-corrected chi connectivity index (χ1v) is 6.65. The SMILES string of the molecule is Cc1ccsc1CNC(=O)C1CCC(C(=O)O)O1. The van der Waals surface area contributed by atoms with Gasteiger partial charge in [0.2, 0.25) is 5.91 Å². The van der Waals surface area contributed by atoms with Crippen molar-refractivity contribution in [3.8, 4) is 0 Å². The van der Waals surface area contributed by atoms with Crippen molar-refractivity contribution in [2.45, 2.75) is 38.5 Å². The van der Waals surface area contributed by atoms with Gasteiger partial charge in [-0.3, -0.25) is 4.79 Å². The van der Waals surface area contributed by atoms with E-state index < -0.39 is 18.2 Å². The second kappa shape index (κ2) is 5.49. The zero-order valence-corrected chi connectivity index (χ0v) is 10.8. The molecule has 2 unspecified atom stereocenters. The summed E-state index contributed by atoms with van der Waals surface area (Å²) in [7, 11) is 0. The normalized spacial score (nSPS) is 22.9. The fraction of sp³-hybridized carbons (Fsp3) is 0.500. The van der Waals surface area contributed by atoms with Crippen molar-refractivity contribution in [3.63, 3.8) is 0 Å². The van der Waals surface area contributed by atoms with Gasteiger partial charge in [0.1, 0.15) is 6.10 Å². The van der Waals surface area contributed by atoms with Gasteiger partial charge in [0.15, 0.2) is 6.10 Å². The minimum absolute atomic E-state index is 0.230. The van der Waals surface area contributed by atoms with E-state index >= 15 is 0 Å². The van der Waals surface area contributed by atoms with E-state index in [2.05, 4.69) is 5.32 Å². The van der Waals surface area contributed by atoms with Gasteiger partial charge in [-0.2, -0.15) is 0 Å². The van der Waals surface area contributed by atoms with Gasteiger partial charge in [0, 0.05) is 4.88 Å². The van der Waals surface area contributed by atoms with Crippen LogP contribution in [0.15, 0.2) is 11.4 Å². The second-order valence-corrected chi connectivity index (χ2v) is 5.27. The molecule has 18 heavy (non-hydrogen) atoms. The van der Waals surface area contributed by atoms with Crippen LogP contribution in [0.2, 0.25) is 0 Å². The maximum atomic E-state index is 11.8. The van der Waals surface area contributed by atoms with Crippen LogP contribution in [-0.2, 0) is 20.9 Å². The molecule has 2 N–H and O–H groups in total. The van der Waals surface area contributed by atoms with E-state index in [9.17, 15) is 9.59 Å². The van der Waals surface area contributed by atoms with Crippen molar-refractivity contribution < 1.29 is 19.4 Å². The number of carbonyl (C=O) groups is 2. The smallest absolute Gasteiger partial charge is 0.332 e. The van der Waals surface area contributed by atoms with Gasteiger partial charge in [-0.1, -0.05) is 0 Å². The number of ether oxygens (including phenoxy) is 1. The third kappa shape index (κ3) is 2.88. The van der Waals surface area contributed by atoms with Crippen LogP contribution >= 0.6 is 11.3 Å². The third-order valence-corrected chi connectivity index (χ3v) is 4.00. The van der Waals surface area contributed by atoms with Gasteiger partial charge in [-0.15, -0.1) is 11.3 Å². The molecule has 1 saturated heterocycles. The zero-order chi connectivity index (χ0) is 13.1. The number of thiophene rings is 1. The molecule has 2 atom stereocenters. The molecule has 0 saturated carbocycles. The highest BCUT2D eigenvalue weighted by molar-refractivity contribution is 7.10. The van der Waals surface area contributed by atoms with E-state index in [0.29, 0.717) is 19.4 Å². The Morgan fingerprint density at radius 1 is 1.50 bits per heavy atom. The average molecular weight is 269 g/mol. The lowest BCUT2D eigenvalue weighted by Gasteiger charge is -2.11. The van der Waals surface area contributed by atoms with Crippen LogP contribution in [0.1, 0.15) is 23.3 Å². The molecule has 0 bridgehead atoms. The molecule has 6 heteroatoms. The van der Waals surface area contributed by atoms with Crippen molar-refractivity contribution in [2.75, 3.05) is 0 Å². The van der Waals surface area contributed by atoms with E-state index in [4.69, 9.17) is 9.84 Å². The van der Waals surface area contributed by atoms with Crippen LogP contribution in [0.3, 0.4) is 0 Å².